The van der Waals surface area contributed by atoms with Crippen molar-refractivity contribution in [2.75, 3.05) is 39.8 Å². The van der Waals surface area contributed by atoms with Gasteiger partial charge in [-0.25, -0.2) is 0 Å². The molecular formula is C34H48F2O4. The highest BCUT2D eigenvalue weighted by Gasteiger charge is 2.14. The Morgan fingerprint density at radius 3 is 1.38 bits per heavy atom. The number of benzene rings is 2. The lowest BCUT2D eigenvalue weighted by Gasteiger charge is -2.18. The van der Waals surface area contributed by atoms with Crippen LogP contribution in [0.1, 0.15) is 75.3 Å². The van der Waals surface area contributed by atoms with Crippen LogP contribution in [0.4, 0.5) is 8.78 Å². The smallest absolute Gasteiger partial charge is 0.119 e. The number of halogens is 2. The summed E-state index contributed by atoms with van der Waals surface area (Å²) in [6.45, 7) is 7.90. The van der Waals surface area contributed by atoms with E-state index in [1.165, 1.54) is 11.1 Å². The molecule has 6 heteroatoms. The molecule has 222 valence electrons. The molecule has 0 saturated heterocycles. The predicted octanol–water partition coefficient (Wildman–Crippen LogP) is 8.13. The summed E-state index contributed by atoms with van der Waals surface area (Å²) in [5.74, 6) is 1.50. The van der Waals surface area contributed by atoms with E-state index in [0.29, 0.717) is 38.9 Å². The molecule has 0 fully saturated rings. The molecule has 0 bridgehead atoms. The summed E-state index contributed by atoms with van der Waals surface area (Å²) in [4.78, 5) is 0. The van der Waals surface area contributed by atoms with Crippen molar-refractivity contribution >= 4 is 0 Å². The normalized spacial score (nSPS) is 11.0. The summed E-state index contributed by atoms with van der Waals surface area (Å²) in [7, 11) is 0. The molecule has 0 saturated carbocycles. The van der Waals surface area contributed by atoms with Crippen molar-refractivity contribution in [2.24, 2.45) is 0 Å². The van der Waals surface area contributed by atoms with Crippen LogP contribution in [0.3, 0.4) is 0 Å². The Balaban J connectivity index is 2.36. The number of rotatable bonds is 23. The molecule has 2 aromatic carbocycles. The van der Waals surface area contributed by atoms with Gasteiger partial charge in [-0.15, -0.1) is 0 Å². The van der Waals surface area contributed by atoms with Crippen LogP contribution in [0, 0.1) is 0 Å². The van der Waals surface area contributed by atoms with Gasteiger partial charge in [0.1, 0.15) is 11.5 Å². The Hall–Kier alpha value is -2.70. The second kappa shape index (κ2) is 20.2. The zero-order valence-electron chi connectivity index (χ0n) is 24.1. The van der Waals surface area contributed by atoms with Gasteiger partial charge < -0.3 is 19.7 Å². The molecule has 0 amide bonds. The van der Waals surface area contributed by atoms with Crippen molar-refractivity contribution in [1.29, 1.82) is 0 Å². The van der Waals surface area contributed by atoms with E-state index in [4.69, 9.17) is 9.47 Å². The SMILES string of the molecule is C=C(CO)CCOc1ccc(CCCCCCF)c(-c2cc(OCCC(=C)CO)ccc2CCCCCCF)c1. The van der Waals surface area contributed by atoms with Crippen molar-refractivity contribution in [2.45, 2.75) is 77.0 Å². The average Bonchev–Trinajstić information content (AvgIpc) is 2.97. The molecule has 0 radical (unpaired) electrons. The van der Waals surface area contributed by atoms with E-state index in [9.17, 15) is 19.0 Å². The Labute approximate surface area is 239 Å². The minimum atomic E-state index is -0.271. The topological polar surface area (TPSA) is 58.9 Å². The maximum Gasteiger partial charge on any atom is 0.119 e. The van der Waals surface area contributed by atoms with Crippen LogP contribution in [0.2, 0.25) is 0 Å². The van der Waals surface area contributed by atoms with E-state index in [1.807, 2.05) is 12.1 Å². The van der Waals surface area contributed by atoms with E-state index >= 15 is 0 Å². The molecule has 0 unspecified atom stereocenters. The van der Waals surface area contributed by atoms with Crippen LogP contribution in [0.25, 0.3) is 11.1 Å². The highest BCUT2D eigenvalue weighted by molar-refractivity contribution is 5.73. The Morgan fingerprint density at radius 1 is 0.600 bits per heavy atom. The zero-order valence-corrected chi connectivity index (χ0v) is 24.1. The fourth-order valence-electron chi connectivity index (χ4n) is 4.54. The van der Waals surface area contributed by atoms with Crippen LogP contribution in [-0.4, -0.2) is 50.0 Å². The largest absolute Gasteiger partial charge is 0.493 e. The lowest BCUT2D eigenvalue weighted by Crippen LogP contribution is -2.03. The molecule has 4 nitrogen and oxygen atoms in total. The maximum absolute atomic E-state index is 12.6. The number of hydrogen-bond donors (Lipinski definition) is 2. The Bertz CT molecular complexity index is 939. The number of aliphatic hydroxyl groups is 2. The van der Waals surface area contributed by atoms with E-state index < -0.39 is 0 Å². The molecule has 2 N–H and O–H groups in total. The van der Waals surface area contributed by atoms with Crippen LogP contribution in [0.15, 0.2) is 60.7 Å². The fraction of sp³-hybridized carbons (Fsp3) is 0.529. The van der Waals surface area contributed by atoms with Crippen LogP contribution >= 0.6 is 0 Å². The van der Waals surface area contributed by atoms with Gasteiger partial charge in [-0.1, -0.05) is 51.0 Å². The first kappa shape index (κ1) is 33.5. The minimum Gasteiger partial charge on any atom is -0.493 e. The molecule has 0 aliphatic carbocycles. The zero-order chi connectivity index (χ0) is 29.0. The second-order valence-electron chi connectivity index (χ2n) is 10.4. The number of aliphatic hydroxyl groups excluding tert-OH is 2. The van der Waals surface area contributed by atoms with Crippen molar-refractivity contribution in [3.05, 3.63) is 71.8 Å². The number of unbranched alkanes of at least 4 members (excludes halogenated alkanes) is 6. The standard InChI is InChI=1S/C34H48F2O4/c1-27(25-37)17-21-39-31-15-13-29(11-7-3-5-9-19-35)33(23-31)34-24-32(40-22-18-28(2)26-38)16-14-30(34)12-8-4-6-10-20-36/h13-16,23-24,37-38H,1-12,17-22,25-26H2. The van der Waals surface area contributed by atoms with Crippen LogP contribution < -0.4 is 9.47 Å². The minimum absolute atomic E-state index is 0.0525. The maximum atomic E-state index is 12.6. The van der Waals surface area contributed by atoms with Crippen LogP contribution in [-0.2, 0) is 12.8 Å². The summed E-state index contributed by atoms with van der Waals surface area (Å²) in [6, 6.07) is 12.4. The summed E-state index contributed by atoms with van der Waals surface area (Å²) >= 11 is 0. The third-order valence-corrected chi connectivity index (χ3v) is 7.01. The monoisotopic (exact) mass is 558 g/mol. The molecule has 0 spiro atoms. The third-order valence-electron chi connectivity index (χ3n) is 7.01. The number of alkyl halides is 2. The second-order valence-corrected chi connectivity index (χ2v) is 10.4. The van der Waals surface area contributed by atoms with Gasteiger partial charge in [-0.2, -0.15) is 0 Å². The molecule has 2 aromatic rings. The number of ether oxygens (including phenoxy) is 2. The van der Waals surface area contributed by atoms with Crippen molar-refractivity contribution in [3.63, 3.8) is 0 Å². The molecule has 40 heavy (non-hydrogen) atoms. The Morgan fingerprint density at radius 2 is 1.00 bits per heavy atom. The average molecular weight is 559 g/mol. The summed E-state index contributed by atoms with van der Waals surface area (Å²) < 4.78 is 37.2. The summed E-state index contributed by atoms with van der Waals surface area (Å²) in [6.07, 6.45) is 9.78. The van der Waals surface area contributed by atoms with Gasteiger partial charge in [0.2, 0.25) is 0 Å². The highest BCUT2D eigenvalue weighted by Crippen LogP contribution is 2.35. The van der Waals surface area contributed by atoms with E-state index in [-0.39, 0.29) is 26.6 Å². The van der Waals surface area contributed by atoms with Crippen LogP contribution in [0.5, 0.6) is 11.5 Å². The van der Waals surface area contributed by atoms with E-state index in [1.54, 1.807) is 0 Å². The molecule has 0 aliphatic rings. The Kier molecular flexibility index (Phi) is 16.9. The van der Waals surface area contributed by atoms with Crippen molar-refractivity contribution in [1.82, 2.24) is 0 Å². The molecule has 0 aliphatic heterocycles. The van der Waals surface area contributed by atoms with Crippen molar-refractivity contribution < 1.29 is 28.5 Å². The third kappa shape index (κ3) is 12.6. The van der Waals surface area contributed by atoms with Gasteiger partial charge in [0.05, 0.1) is 39.8 Å². The first-order chi connectivity index (χ1) is 19.5. The van der Waals surface area contributed by atoms with Gasteiger partial charge >= 0.3 is 0 Å². The quantitative estimate of drug-likeness (QED) is 0.107. The van der Waals surface area contributed by atoms with Gasteiger partial charge in [0.25, 0.3) is 0 Å². The summed E-state index contributed by atoms with van der Waals surface area (Å²) in [5.41, 5.74) is 6.05. The first-order valence-electron chi connectivity index (χ1n) is 14.7. The molecule has 0 heterocycles. The molecule has 0 aromatic heterocycles. The van der Waals surface area contributed by atoms with Crippen molar-refractivity contribution in [3.8, 4) is 22.6 Å². The number of aryl methyl sites for hydroxylation is 2. The highest BCUT2D eigenvalue weighted by atomic mass is 19.1. The van der Waals surface area contributed by atoms with E-state index in [2.05, 4.69) is 37.4 Å². The van der Waals surface area contributed by atoms with Gasteiger partial charge in [0.15, 0.2) is 0 Å². The van der Waals surface area contributed by atoms with E-state index in [0.717, 1.165) is 85.1 Å². The van der Waals surface area contributed by atoms with Gasteiger partial charge in [-0.3, -0.25) is 8.78 Å². The lowest BCUT2D eigenvalue weighted by atomic mass is 9.90. The number of hydrogen-bond acceptors (Lipinski definition) is 4. The van der Waals surface area contributed by atoms with Gasteiger partial charge in [-0.05, 0) is 96.2 Å². The summed E-state index contributed by atoms with van der Waals surface area (Å²) in [5, 5.41) is 18.5. The molecule has 2 rings (SSSR count). The predicted molar refractivity (Wildman–Crippen MR) is 161 cm³/mol. The fourth-order valence-corrected chi connectivity index (χ4v) is 4.54. The van der Waals surface area contributed by atoms with Gasteiger partial charge in [0, 0.05) is 12.8 Å². The molecular weight excluding hydrogens is 510 g/mol. The lowest BCUT2D eigenvalue weighted by molar-refractivity contribution is 0.293. The first-order valence-corrected chi connectivity index (χ1v) is 14.7. The molecule has 0 atom stereocenters.